The number of aryl methyl sites for hydroxylation is 2. The molecule has 0 radical (unpaired) electrons. The molecule has 1 aliphatic heterocycles. The van der Waals surface area contributed by atoms with Gasteiger partial charge in [-0.25, -0.2) is 0 Å². The first kappa shape index (κ1) is 23.9. The second-order valence-corrected chi connectivity index (χ2v) is 14.9. The van der Waals surface area contributed by atoms with E-state index in [0.717, 1.165) is 6.42 Å². The van der Waals surface area contributed by atoms with Gasteiger partial charge in [-0.15, -0.1) is 23.1 Å². The van der Waals surface area contributed by atoms with E-state index in [4.69, 9.17) is 0 Å². The van der Waals surface area contributed by atoms with Gasteiger partial charge in [0.2, 0.25) is 0 Å². The molecule has 5 aliphatic rings. The Morgan fingerprint density at radius 3 is 2.71 bits per heavy atom. The molecule has 202 valence electrons. The molecule has 5 aromatic rings. The Morgan fingerprint density at radius 1 is 0.810 bits per heavy atom. The van der Waals surface area contributed by atoms with E-state index in [1.807, 2.05) is 11.8 Å². The highest BCUT2D eigenvalue weighted by atomic mass is 32.2. The summed E-state index contributed by atoms with van der Waals surface area (Å²) >= 11 is 4.11. The van der Waals surface area contributed by atoms with E-state index in [0.29, 0.717) is 17.1 Å². The monoisotopic (exact) mass is 574 g/mol. The zero-order chi connectivity index (χ0) is 27.4. The average molecular weight is 575 g/mol. The maximum atomic E-state index is 2.62. The van der Waals surface area contributed by atoms with E-state index >= 15 is 0 Å². The molecule has 0 fully saturated rings. The van der Waals surface area contributed by atoms with Crippen LogP contribution in [0.3, 0.4) is 0 Å². The van der Waals surface area contributed by atoms with Crippen molar-refractivity contribution in [2.75, 3.05) is 0 Å². The van der Waals surface area contributed by atoms with Crippen LogP contribution in [0.5, 0.6) is 0 Å². The summed E-state index contributed by atoms with van der Waals surface area (Å²) in [5.41, 5.74) is 10.5. The zero-order valence-corrected chi connectivity index (χ0v) is 25.0. The molecule has 0 N–H and O–H groups in total. The van der Waals surface area contributed by atoms with Crippen molar-refractivity contribution in [2.45, 2.75) is 48.2 Å². The van der Waals surface area contributed by atoms with Gasteiger partial charge in [-0.2, -0.15) is 0 Å². The van der Waals surface area contributed by atoms with Crippen molar-refractivity contribution in [1.82, 2.24) is 0 Å². The van der Waals surface area contributed by atoms with Crippen molar-refractivity contribution < 1.29 is 0 Å². The minimum absolute atomic E-state index is 0.421. The van der Waals surface area contributed by atoms with E-state index in [1.165, 1.54) is 95.3 Å². The molecule has 4 aromatic carbocycles. The Kier molecular flexibility index (Phi) is 5.10. The van der Waals surface area contributed by atoms with Crippen molar-refractivity contribution in [3.05, 3.63) is 140 Å². The smallest absolute Gasteiger partial charge is 0.0387 e. The molecule has 0 nitrogen and oxygen atoms in total. The topological polar surface area (TPSA) is 0 Å². The first-order valence-corrected chi connectivity index (χ1v) is 17.2. The summed E-state index contributed by atoms with van der Waals surface area (Å²) in [6.45, 7) is 0. The predicted molar refractivity (Wildman–Crippen MR) is 181 cm³/mol. The molecule has 3 unspecified atom stereocenters. The third-order valence-electron chi connectivity index (χ3n) is 10.3. The lowest BCUT2D eigenvalue weighted by molar-refractivity contribution is 0.700. The van der Waals surface area contributed by atoms with Crippen molar-refractivity contribution in [1.29, 1.82) is 0 Å². The number of hydrogen-bond acceptors (Lipinski definition) is 2. The fraction of sp³-hybridized carbons (Fsp3) is 0.200. The highest BCUT2D eigenvalue weighted by Gasteiger charge is 2.34. The molecule has 3 atom stereocenters. The molecular formula is C40H30S2. The Labute approximate surface area is 254 Å². The van der Waals surface area contributed by atoms with Gasteiger partial charge in [0.05, 0.1) is 0 Å². The summed E-state index contributed by atoms with van der Waals surface area (Å²) in [5, 5.41) is 7.50. The number of fused-ring (bicyclic) bond motifs is 10. The summed E-state index contributed by atoms with van der Waals surface area (Å²) in [5.74, 6) is 0.857. The van der Waals surface area contributed by atoms with Gasteiger partial charge >= 0.3 is 0 Å². The predicted octanol–water partition coefficient (Wildman–Crippen LogP) is 8.87. The van der Waals surface area contributed by atoms with Gasteiger partial charge in [-0.1, -0.05) is 78.9 Å². The fourth-order valence-corrected chi connectivity index (χ4v) is 11.1. The average Bonchev–Trinajstić information content (AvgIpc) is 3.58. The SMILES string of the molecule is C1=CC2=C(c3c4c(cc5ccccc35)=CC3c5ccccc5SC3C=4)c3cc4c5c(sc4cc3CC2C=C1)CCCC5. The van der Waals surface area contributed by atoms with Gasteiger partial charge in [0, 0.05) is 31.6 Å². The highest BCUT2D eigenvalue weighted by Crippen LogP contribution is 2.49. The Hall–Kier alpha value is -3.59. The number of thioether (sulfide) groups is 1. The molecule has 1 aromatic heterocycles. The van der Waals surface area contributed by atoms with E-state index in [2.05, 4.69) is 115 Å². The molecular weight excluding hydrogens is 545 g/mol. The lowest BCUT2D eigenvalue weighted by atomic mass is 9.73. The van der Waals surface area contributed by atoms with Crippen LogP contribution in [-0.2, 0) is 19.3 Å². The molecule has 2 heterocycles. The molecule has 42 heavy (non-hydrogen) atoms. The van der Waals surface area contributed by atoms with Crippen LogP contribution in [0.25, 0.3) is 38.6 Å². The van der Waals surface area contributed by atoms with E-state index in [1.54, 1.807) is 10.4 Å². The van der Waals surface area contributed by atoms with E-state index < -0.39 is 0 Å². The van der Waals surface area contributed by atoms with E-state index in [-0.39, 0.29) is 0 Å². The highest BCUT2D eigenvalue weighted by molar-refractivity contribution is 8.00. The summed E-state index contributed by atoms with van der Waals surface area (Å²) < 4.78 is 1.50. The molecule has 0 amide bonds. The number of allylic oxidation sites excluding steroid dienone is 5. The van der Waals surface area contributed by atoms with Gasteiger partial charge in [-0.3, -0.25) is 0 Å². The summed E-state index contributed by atoms with van der Waals surface area (Å²) in [6.07, 6.45) is 20.8. The molecule has 0 spiro atoms. The van der Waals surface area contributed by atoms with Crippen LogP contribution in [0.1, 0.15) is 51.5 Å². The Bertz CT molecular complexity index is 2220. The lowest BCUT2D eigenvalue weighted by Crippen LogP contribution is -2.36. The maximum Gasteiger partial charge on any atom is 0.0387 e. The van der Waals surface area contributed by atoms with Gasteiger partial charge < -0.3 is 0 Å². The largest absolute Gasteiger partial charge is 0.140 e. The molecule has 0 saturated heterocycles. The first-order valence-electron chi connectivity index (χ1n) is 15.5. The van der Waals surface area contributed by atoms with Gasteiger partial charge in [0.1, 0.15) is 0 Å². The number of benzene rings is 4. The minimum atomic E-state index is 0.421. The maximum absolute atomic E-state index is 2.62. The van der Waals surface area contributed by atoms with Crippen LogP contribution in [-0.4, -0.2) is 5.25 Å². The Morgan fingerprint density at radius 2 is 1.71 bits per heavy atom. The van der Waals surface area contributed by atoms with Crippen LogP contribution in [0, 0.1) is 5.92 Å². The Balaban J connectivity index is 1.31. The molecule has 2 heteroatoms. The lowest BCUT2D eigenvalue weighted by Gasteiger charge is -2.31. The summed E-state index contributed by atoms with van der Waals surface area (Å²) in [6, 6.07) is 25.8. The van der Waals surface area contributed by atoms with Crippen molar-refractivity contribution in [3.8, 4) is 0 Å². The van der Waals surface area contributed by atoms with Crippen LogP contribution >= 0.6 is 23.1 Å². The van der Waals surface area contributed by atoms with Crippen LogP contribution in [0.15, 0.2) is 102 Å². The summed E-state index contributed by atoms with van der Waals surface area (Å²) in [7, 11) is 0. The standard InChI is InChI=1S/C40H30S2/c1-4-12-28-23(9-1)17-25-19-33-29-13-5-7-15-35(29)42-38(33)22-32(25)40(28)39-27-11-3-2-10-24(27)18-26-20-37-34(21-31(26)39)30-14-6-8-16-36(30)41-37/h1-5,7,9-13,15,17,19-22,24,33,38H,6,8,14,16,18H2. The van der Waals surface area contributed by atoms with E-state index in [9.17, 15) is 0 Å². The van der Waals surface area contributed by atoms with Gasteiger partial charge in [0.15, 0.2) is 0 Å². The molecule has 10 rings (SSSR count). The quantitative estimate of drug-likeness (QED) is 0.193. The van der Waals surface area contributed by atoms with Crippen LogP contribution in [0.2, 0.25) is 0 Å². The molecule has 4 aliphatic carbocycles. The minimum Gasteiger partial charge on any atom is -0.140 e. The van der Waals surface area contributed by atoms with Crippen molar-refractivity contribution in [3.63, 3.8) is 0 Å². The van der Waals surface area contributed by atoms with Gasteiger partial charge in [0.25, 0.3) is 0 Å². The second-order valence-electron chi connectivity index (χ2n) is 12.6. The number of thiophene rings is 1. The second kappa shape index (κ2) is 8.96. The zero-order valence-electron chi connectivity index (χ0n) is 23.4. The number of rotatable bonds is 1. The third-order valence-corrected chi connectivity index (χ3v) is 12.8. The molecule has 0 saturated carbocycles. The third kappa shape index (κ3) is 3.37. The fourth-order valence-electron chi connectivity index (χ4n) is 8.37. The van der Waals surface area contributed by atoms with Crippen molar-refractivity contribution >= 4 is 61.7 Å². The van der Waals surface area contributed by atoms with Crippen LogP contribution in [0.4, 0.5) is 0 Å². The van der Waals surface area contributed by atoms with Crippen molar-refractivity contribution in [2.24, 2.45) is 5.92 Å². The van der Waals surface area contributed by atoms with Crippen LogP contribution < -0.4 is 10.4 Å². The number of hydrogen-bond donors (Lipinski definition) is 0. The summed E-state index contributed by atoms with van der Waals surface area (Å²) in [4.78, 5) is 3.08. The first-order chi connectivity index (χ1) is 20.8. The van der Waals surface area contributed by atoms with Gasteiger partial charge in [-0.05, 0) is 122 Å². The molecule has 0 bridgehead atoms. The normalized spacial score (nSPS) is 23.0.